The fourth-order valence-electron chi connectivity index (χ4n) is 1.75. The second kappa shape index (κ2) is 5.22. The van der Waals surface area contributed by atoms with Gasteiger partial charge in [-0.05, 0) is 24.6 Å². The van der Waals surface area contributed by atoms with Crippen LogP contribution in [0, 0.1) is 6.92 Å². The summed E-state index contributed by atoms with van der Waals surface area (Å²) in [7, 11) is 3.18. The number of aromatic nitrogens is 2. The summed E-state index contributed by atoms with van der Waals surface area (Å²) in [5.41, 5.74) is 0.934. The van der Waals surface area contributed by atoms with Crippen LogP contribution in [0.5, 0.6) is 5.75 Å². The molecule has 0 spiro atoms. The maximum Gasteiger partial charge on any atom is 0.278 e. The van der Waals surface area contributed by atoms with Crippen molar-refractivity contribution in [3.8, 4) is 5.75 Å². The normalized spacial score (nSPS) is 11.5. The summed E-state index contributed by atoms with van der Waals surface area (Å²) in [6.07, 6.45) is 1.27. The first-order valence-electron chi connectivity index (χ1n) is 5.51. The Balaban J connectivity index is 2.35. The number of aryl methyl sites for hydroxylation is 1. The molecule has 0 aliphatic rings. The first-order chi connectivity index (χ1) is 8.91. The summed E-state index contributed by atoms with van der Waals surface area (Å²) in [5, 5.41) is 0.00230. The highest BCUT2D eigenvalue weighted by molar-refractivity contribution is 8.13. The van der Waals surface area contributed by atoms with Crippen molar-refractivity contribution >= 4 is 19.7 Å². The van der Waals surface area contributed by atoms with E-state index in [0.29, 0.717) is 12.4 Å². The van der Waals surface area contributed by atoms with Crippen LogP contribution in [-0.2, 0) is 15.6 Å². The van der Waals surface area contributed by atoms with Gasteiger partial charge in [0.15, 0.2) is 5.03 Å². The van der Waals surface area contributed by atoms with Gasteiger partial charge in [0, 0.05) is 10.7 Å². The zero-order chi connectivity index (χ0) is 14.0. The van der Waals surface area contributed by atoms with Crippen LogP contribution >= 0.6 is 10.7 Å². The lowest BCUT2D eigenvalue weighted by Gasteiger charge is -2.09. The number of hydrogen-bond donors (Lipinski definition) is 0. The van der Waals surface area contributed by atoms with Crippen molar-refractivity contribution in [3.63, 3.8) is 0 Å². The third-order valence-corrected chi connectivity index (χ3v) is 4.07. The molecule has 0 saturated carbocycles. The third-order valence-electron chi connectivity index (χ3n) is 2.77. The van der Waals surface area contributed by atoms with Crippen LogP contribution in [-0.4, -0.2) is 25.1 Å². The van der Waals surface area contributed by atoms with Crippen LogP contribution in [0.4, 0.5) is 0 Å². The summed E-state index contributed by atoms with van der Waals surface area (Å²) < 4.78 is 29.5. The van der Waals surface area contributed by atoms with Crippen molar-refractivity contribution in [1.82, 2.24) is 9.55 Å². The molecular weight excluding hydrogens is 288 g/mol. The maximum absolute atomic E-state index is 11.4. The quantitative estimate of drug-likeness (QED) is 0.812. The van der Waals surface area contributed by atoms with E-state index in [4.69, 9.17) is 15.4 Å². The molecule has 1 heterocycles. The Morgan fingerprint density at radius 3 is 2.47 bits per heavy atom. The van der Waals surface area contributed by atoms with Gasteiger partial charge in [0.25, 0.3) is 9.05 Å². The molecule has 0 atom stereocenters. The van der Waals surface area contributed by atoms with Crippen molar-refractivity contribution < 1.29 is 13.2 Å². The highest BCUT2D eigenvalue weighted by Gasteiger charge is 2.18. The van der Waals surface area contributed by atoms with Gasteiger partial charge < -0.3 is 9.30 Å². The number of methoxy groups -OCH3 is 1. The highest BCUT2D eigenvalue weighted by Crippen LogP contribution is 2.19. The van der Waals surface area contributed by atoms with Crippen molar-refractivity contribution in [3.05, 3.63) is 41.9 Å². The molecule has 2 aromatic rings. The lowest BCUT2D eigenvalue weighted by Crippen LogP contribution is -2.08. The Bertz CT molecular complexity index is 678. The molecule has 0 radical (unpaired) electrons. The van der Waals surface area contributed by atoms with E-state index < -0.39 is 9.05 Å². The minimum Gasteiger partial charge on any atom is -0.497 e. The average Bonchev–Trinajstić information content (AvgIpc) is 2.72. The van der Waals surface area contributed by atoms with Gasteiger partial charge in [-0.3, -0.25) is 0 Å². The topological polar surface area (TPSA) is 61.2 Å². The fraction of sp³-hybridized carbons (Fsp3) is 0.250. The summed E-state index contributed by atoms with van der Waals surface area (Å²) >= 11 is 0. The molecule has 19 heavy (non-hydrogen) atoms. The summed E-state index contributed by atoms with van der Waals surface area (Å²) in [6, 6.07) is 7.36. The Morgan fingerprint density at radius 2 is 1.95 bits per heavy atom. The summed E-state index contributed by atoms with van der Waals surface area (Å²) in [6.45, 7) is 2.12. The fourth-order valence-corrected chi connectivity index (χ4v) is 2.76. The highest BCUT2D eigenvalue weighted by atomic mass is 35.7. The predicted molar refractivity (Wildman–Crippen MR) is 72.1 cm³/mol. The third kappa shape index (κ3) is 3.08. The van der Waals surface area contributed by atoms with E-state index in [1.165, 1.54) is 6.20 Å². The number of imidazole rings is 1. The molecule has 0 bridgehead atoms. The van der Waals surface area contributed by atoms with Crippen LogP contribution in [0.3, 0.4) is 0 Å². The first-order valence-corrected chi connectivity index (χ1v) is 7.82. The molecule has 1 aromatic heterocycles. The van der Waals surface area contributed by atoms with E-state index in [9.17, 15) is 8.42 Å². The molecule has 0 unspecified atom stereocenters. The number of rotatable bonds is 4. The average molecular weight is 301 g/mol. The van der Waals surface area contributed by atoms with Gasteiger partial charge in [0.05, 0.1) is 19.9 Å². The van der Waals surface area contributed by atoms with Gasteiger partial charge in [-0.15, -0.1) is 0 Å². The van der Waals surface area contributed by atoms with Crippen LogP contribution in [0.1, 0.15) is 11.4 Å². The van der Waals surface area contributed by atoms with Crippen LogP contribution in [0.15, 0.2) is 35.5 Å². The maximum atomic E-state index is 11.4. The Labute approximate surface area is 116 Å². The lowest BCUT2D eigenvalue weighted by atomic mass is 10.2. The summed E-state index contributed by atoms with van der Waals surface area (Å²) in [5.74, 6) is 1.34. The smallest absolute Gasteiger partial charge is 0.278 e. The molecule has 102 valence electrons. The van der Waals surface area contributed by atoms with E-state index >= 15 is 0 Å². The molecule has 0 aliphatic carbocycles. The standard InChI is InChI=1S/C12H13ClN2O3S/c1-9-14-7-12(19(13,16)17)15(9)8-10-3-5-11(18-2)6-4-10/h3-7H,8H2,1-2H3. The molecule has 7 heteroatoms. The minimum atomic E-state index is -3.80. The van der Waals surface area contributed by atoms with E-state index in [1.807, 2.05) is 24.3 Å². The molecule has 0 N–H and O–H groups in total. The van der Waals surface area contributed by atoms with Crippen LogP contribution < -0.4 is 4.74 Å². The Hall–Kier alpha value is -1.53. The zero-order valence-electron chi connectivity index (χ0n) is 10.5. The van der Waals surface area contributed by atoms with Gasteiger partial charge in [-0.1, -0.05) is 12.1 Å². The van der Waals surface area contributed by atoms with E-state index in [1.54, 1.807) is 18.6 Å². The van der Waals surface area contributed by atoms with Crippen LogP contribution in [0.2, 0.25) is 0 Å². The second-order valence-electron chi connectivity index (χ2n) is 4.02. The molecule has 1 aromatic carbocycles. The number of benzene rings is 1. The van der Waals surface area contributed by atoms with E-state index in [0.717, 1.165) is 11.3 Å². The van der Waals surface area contributed by atoms with Crippen LogP contribution in [0.25, 0.3) is 0 Å². The van der Waals surface area contributed by atoms with Crippen molar-refractivity contribution in [2.24, 2.45) is 0 Å². The van der Waals surface area contributed by atoms with Gasteiger partial charge in [0.2, 0.25) is 0 Å². The Morgan fingerprint density at radius 1 is 1.32 bits per heavy atom. The zero-order valence-corrected chi connectivity index (χ0v) is 12.1. The molecular formula is C12H13ClN2O3S. The number of nitrogens with zero attached hydrogens (tertiary/aromatic N) is 2. The SMILES string of the molecule is COc1ccc(Cn2c(S(=O)(=O)Cl)cnc2C)cc1. The van der Waals surface area contributed by atoms with E-state index in [2.05, 4.69) is 4.98 Å². The first kappa shape index (κ1) is 13.9. The monoisotopic (exact) mass is 300 g/mol. The summed E-state index contributed by atoms with van der Waals surface area (Å²) in [4.78, 5) is 3.99. The van der Waals surface area contributed by atoms with Gasteiger partial charge >= 0.3 is 0 Å². The van der Waals surface area contributed by atoms with Gasteiger partial charge in [0.1, 0.15) is 11.6 Å². The number of halogens is 1. The van der Waals surface area contributed by atoms with Gasteiger partial charge in [-0.25, -0.2) is 13.4 Å². The van der Waals surface area contributed by atoms with E-state index in [-0.39, 0.29) is 5.03 Å². The number of hydrogen-bond acceptors (Lipinski definition) is 4. The lowest BCUT2D eigenvalue weighted by molar-refractivity contribution is 0.414. The minimum absolute atomic E-state index is 0.00230. The molecule has 0 amide bonds. The van der Waals surface area contributed by atoms with Crippen molar-refractivity contribution in [1.29, 1.82) is 0 Å². The molecule has 0 aliphatic heterocycles. The molecule has 5 nitrogen and oxygen atoms in total. The molecule has 0 fully saturated rings. The molecule has 2 rings (SSSR count). The Kier molecular flexibility index (Phi) is 3.82. The van der Waals surface area contributed by atoms with Crippen molar-refractivity contribution in [2.45, 2.75) is 18.5 Å². The predicted octanol–water partition coefficient (Wildman–Crippen LogP) is 2.18. The second-order valence-corrected chi connectivity index (χ2v) is 6.53. The number of ether oxygens (including phenoxy) is 1. The molecule has 0 saturated heterocycles. The largest absolute Gasteiger partial charge is 0.497 e. The van der Waals surface area contributed by atoms with Crippen molar-refractivity contribution in [2.75, 3.05) is 7.11 Å². The van der Waals surface area contributed by atoms with Gasteiger partial charge in [-0.2, -0.15) is 0 Å².